The maximum absolute atomic E-state index is 12.4. The predicted octanol–water partition coefficient (Wildman–Crippen LogP) is 5.81. The number of fused-ring (bicyclic) bond motifs is 1. The number of aromatic nitrogens is 3. The SMILES string of the molecule is CCc1ccc(-c2cc3c(SCC(=O)Nc4ccc(C(C)C)cc4)nccn3n2)cc1. The zero-order chi connectivity index (χ0) is 21.8. The van der Waals surface area contributed by atoms with Crippen LogP contribution in [-0.2, 0) is 11.2 Å². The minimum absolute atomic E-state index is 0.0546. The molecule has 0 radical (unpaired) electrons. The first-order chi connectivity index (χ1) is 15.0. The molecule has 0 aliphatic rings. The Balaban J connectivity index is 1.45. The van der Waals surface area contributed by atoms with Crippen molar-refractivity contribution in [1.82, 2.24) is 14.6 Å². The minimum atomic E-state index is -0.0546. The van der Waals surface area contributed by atoms with Gasteiger partial charge < -0.3 is 5.32 Å². The van der Waals surface area contributed by atoms with E-state index in [0.717, 1.165) is 33.9 Å². The van der Waals surface area contributed by atoms with Crippen molar-refractivity contribution < 1.29 is 4.79 Å². The monoisotopic (exact) mass is 430 g/mol. The Labute approximate surface area is 186 Å². The van der Waals surface area contributed by atoms with Crippen molar-refractivity contribution in [2.24, 2.45) is 0 Å². The highest BCUT2D eigenvalue weighted by molar-refractivity contribution is 8.00. The fourth-order valence-electron chi connectivity index (χ4n) is 3.34. The molecule has 1 amide bonds. The number of aryl methyl sites for hydroxylation is 1. The van der Waals surface area contributed by atoms with Crippen molar-refractivity contribution in [2.45, 2.75) is 38.1 Å². The summed E-state index contributed by atoms with van der Waals surface area (Å²) in [7, 11) is 0. The van der Waals surface area contributed by atoms with Gasteiger partial charge in [-0.05, 0) is 41.7 Å². The molecule has 0 aliphatic heterocycles. The normalized spacial score (nSPS) is 11.2. The third-order valence-electron chi connectivity index (χ3n) is 5.21. The van der Waals surface area contributed by atoms with Crippen LogP contribution in [0, 0.1) is 0 Å². The molecule has 5 nitrogen and oxygen atoms in total. The van der Waals surface area contributed by atoms with Gasteiger partial charge in [0, 0.05) is 23.6 Å². The molecule has 4 rings (SSSR count). The van der Waals surface area contributed by atoms with Crippen LogP contribution >= 0.6 is 11.8 Å². The average molecular weight is 431 g/mol. The molecule has 0 saturated heterocycles. The van der Waals surface area contributed by atoms with Gasteiger partial charge in [0.05, 0.1) is 17.0 Å². The summed E-state index contributed by atoms with van der Waals surface area (Å²) in [5.74, 6) is 0.697. The van der Waals surface area contributed by atoms with Gasteiger partial charge in [-0.3, -0.25) is 4.79 Å². The fraction of sp³-hybridized carbons (Fsp3) is 0.240. The number of hydrogen-bond acceptors (Lipinski definition) is 4. The van der Waals surface area contributed by atoms with E-state index < -0.39 is 0 Å². The zero-order valence-electron chi connectivity index (χ0n) is 18.0. The second kappa shape index (κ2) is 9.35. The maximum Gasteiger partial charge on any atom is 0.234 e. The molecule has 0 unspecified atom stereocenters. The van der Waals surface area contributed by atoms with Gasteiger partial charge in [0.25, 0.3) is 0 Å². The van der Waals surface area contributed by atoms with E-state index in [2.05, 4.69) is 72.6 Å². The van der Waals surface area contributed by atoms with Crippen molar-refractivity contribution in [2.75, 3.05) is 11.1 Å². The van der Waals surface area contributed by atoms with Crippen molar-refractivity contribution in [3.8, 4) is 11.3 Å². The summed E-state index contributed by atoms with van der Waals surface area (Å²) < 4.78 is 1.82. The van der Waals surface area contributed by atoms with E-state index in [1.54, 1.807) is 6.20 Å². The first kappa shape index (κ1) is 21.1. The van der Waals surface area contributed by atoms with E-state index in [4.69, 9.17) is 0 Å². The quantitative estimate of drug-likeness (QED) is 0.376. The van der Waals surface area contributed by atoms with Crippen molar-refractivity contribution >= 4 is 28.9 Å². The van der Waals surface area contributed by atoms with Gasteiger partial charge in [-0.2, -0.15) is 5.10 Å². The van der Waals surface area contributed by atoms with Crippen LogP contribution in [0.5, 0.6) is 0 Å². The van der Waals surface area contributed by atoms with Crippen LogP contribution in [0.3, 0.4) is 0 Å². The van der Waals surface area contributed by atoms with E-state index in [-0.39, 0.29) is 11.7 Å². The maximum atomic E-state index is 12.4. The van der Waals surface area contributed by atoms with Crippen molar-refractivity contribution in [1.29, 1.82) is 0 Å². The van der Waals surface area contributed by atoms with Gasteiger partial charge >= 0.3 is 0 Å². The molecule has 0 bridgehead atoms. The molecule has 6 heteroatoms. The van der Waals surface area contributed by atoms with Crippen LogP contribution < -0.4 is 5.32 Å². The van der Waals surface area contributed by atoms with E-state index in [1.165, 1.54) is 22.9 Å². The van der Waals surface area contributed by atoms with E-state index in [1.807, 2.05) is 28.9 Å². The summed E-state index contributed by atoms with van der Waals surface area (Å²) in [6.07, 6.45) is 4.56. The number of thioether (sulfide) groups is 1. The Morgan fingerprint density at radius 2 is 1.84 bits per heavy atom. The Kier molecular flexibility index (Phi) is 6.37. The summed E-state index contributed by atoms with van der Waals surface area (Å²) in [5.41, 5.74) is 6.23. The second-order valence-electron chi connectivity index (χ2n) is 7.76. The number of carbonyl (C=O) groups excluding carboxylic acids is 1. The fourth-order valence-corrected chi connectivity index (χ4v) is 4.12. The second-order valence-corrected chi connectivity index (χ2v) is 8.72. The highest BCUT2D eigenvalue weighted by Crippen LogP contribution is 2.26. The first-order valence-corrected chi connectivity index (χ1v) is 11.5. The molecule has 4 aromatic rings. The minimum Gasteiger partial charge on any atom is -0.325 e. The largest absolute Gasteiger partial charge is 0.325 e. The number of amides is 1. The number of benzene rings is 2. The average Bonchev–Trinajstić information content (AvgIpc) is 3.23. The molecular weight excluding hydrogens is 404 g/mol. The third kappa shape index (κ3) is 4.97. The molecule has 31 heavy (non-hydrogen) atoms. The topological polar surface area (TPSA) is 59.3 Å². The summed E-state index contributed by atoms with van der Waals surface area (Å²) >= 11 is 1.42. The highest BCUT2D eigenvalue weighted by atomic mass is 32.2. The molecule has 2 heterocycles. The Bertz CT molecular complexity index is 1180. The smallest absolute Gasteiger partial charge is 0.234 e. The predicted molar refractivity (Wildman–Crippen MR) is 128 cm³/mol. The van der Waals surface area contributed by atoms with E-state index in [0.29, 0.717) is 5.92 Å². The molecule has 158 valence electrons. The van der Waals surface area contributed by atoms with Crippen LogP contribution in [0.25, 0.3) is 16.8 Å². The van der Waals surface area contributed by atoms with Gasteiger partial charge in [-0.25, -0.2) is 9.50 Å². The van der Waals surface area contributed by atoms with Crippen LogP contribution in [-0.4, -0.2) is 26.3 Å². The molecule has 2 aromatic carbocycles. The molecule has 0 aliphatic carbocycles. The number of nitrogens with zero attached hydrogens (tertiary/aromatic N) is 3. The number of rotatable bonds is 7. The van der Waals surface area contributed by atoms with Crippen LogP contribution in [0.15, 0.2) is 72.0 Å². The Hall–Kier alpha value is -3.12. The molecule has 0 fully saturated rings. The Morgan fingerprint density at radius 3 is 2.52 bits per heavy atom. The number of carbonyl (C=O) groups is 1. The number of hydrogen-bond donors (Lipinski definition) is 1. The van der Waals surface area contributed by atoms with Gasteiger partial charge in [0.15, 0.2) is 0 Å². The van der Waals surface area contributed by atoms with Crippen LogP contribution in [0.4, 0.5) is 5.69 Å². The molecule has 1 N–H and O–H groups in total. The summed E-state index contributed by atoms with van der Waals surface area (Å²) in [6, 6.07) is 18.5. The number of nitrogens with one attached hydrogen (secondary N) is 1. The lowest BCUT2D eigenvalue weighted by Crippen LogP contribution is -2.14. The summed E-state index contributed by atoms with van der Waals surface area (Å²) in [4.78, 5) is 16.9. The lowest BCUT2D eigenvalue weighted by molar-refractivity contribution is -0.113. The molecule has 0 saturated carbocycles. The molecule has 0 spiro atoms. The summed E-state index contributed by atoms with van der Waals surface area (Å²) in [6.45, 7) is 6.45. The van der Waals surface area contributed by atoms with Gasteiger partial charge in [-0.15, -0.1) is 0 Å². The number of anilines is 1. The standard InChI is InChI=1S/C25H26N4OS/c1-4-18-5-7-20(8-6-18)22-15-23-25(26-13-14-29(23)28-22)31-16-24(30)27-21-11-9-19(10-12-21)17(2)3/h5-15,17H,4,16H2,1-3H3,(H,27,30). The summed E-state index contributed by atoms with van der Waals surface area (Å²) in [5, 5.41) is 8.43. The van der Waals surface area contributed by atoms with Gasteiger partial charge in [-0.1, -0.05) is 68.9 Å². The lowest BCUT2D eigenvalue weighted by Gasteiger charge is -2.08. The van der Waals surface area contributed by atoms with Gasteiger partial charge in [0.1, 0.15) is 5.03 Å². The molecule has 2 aromatic heterocycles. The molecule has 0 atom stereocenters. The lowest BCUT2D eigenvalue weighted by atomic mass is 10.0. The zero-order valence-corrected chi connectivity index (χ0v) is 18.8. The van der Waals surface area contributed by atoms with Crippen molar-refractivity contribution in [3.63, 3.8) is 0 Å². The molecular formula is C25H26N4OS. The van der Waals surface area contributed by atoms with E-state index in [9.17, 15) is 4.79 Å². The van der Waals surface area contributed by atoms with Gasteiger partial charge in [0.2, 0.25) is 5.91 Å². The van der Waals surface area contributed by atoms with Crippen molar-refractivity contribution in [3.05, 3.63) is 78.1 Å². The van der Waals surface area contributed by atoms with Crippen LogP contribution in [0.1, 0.15) is 37.8 Å². The Morgan fingerprint density at radius 1 is 1.10 bits per heavy atom. The van der Waals surface area contributed by atoms with Crippen LogP contribution in [0.2, 0.25) is 0 Å². The van der Waals surface area contributed by atoms with E-state index >= 15 is 0 Å². The third-order valence-corrected chi connectivity index (χ3v) is 6.21. The highest BCUT2D eigenvalue weighted by Gasteiger charge is 2.12. The first-order valence-electron chi connectivity index (χ1n) is 10.5.